The quantitative estimate of drug-likeness (QED) is 0.520. The molecular formula is C19H27Cl2Zr. The van der Waals surface area contributed by atoms with E-state index in [0.717, 1.165) is 0 Å². The largest absolute Gasteiger partial charge is 3.00 e. The van der Waals surface area contributed by atoms with Crippen LogP contribution in [0.25, 0.3) is 10.8 Å². The maximum Gasteiger partial charge on any atom is 3.00 e. The summed E-state index contributed by atoms with van der Waals surface area (Å²) in [4.78, 5) is 0. The molecule has 3 heteroatoms. The van der Waals surface area contributed by atoms with E-state index >= 15 is 0 Å². The van der Waals surface area contributed by atoms with Crippen LogP contribution in [0.15, 0.2) is 18.2 Å². The molecule has 0 amide bonds. The second kappa shape index (κ2) is 7.91. The number of aryl methyl sites for hydroxylation is 2. The molecule has 0 heterocycles. The van der Waals surface area contributed by atoms with Crippen molar-refractivity contribution in [3.05, 3.63) is 40.5 Å². The van der Waals surface area contributed by atoms with Gasteiger partial charge in [-0.15, -0.1) is 39.6 Å². The van der Waals surface area contributed by atoms with Gasteiger partial charge in [-0.05, 0) is 5.41 Å². The minimum absolute atomic E-state index is 0. The van der Waals surface area contributed by atoms with E-state index in [1.807, 2.05) is 0 Å². The van der Waals surface area contributed by atoms with E-state index < -0.39 is 0 Å². The molecule has 0 saturated carbocycles. The van der Waals surface area contributed by atoms with Crippen LogP contribution in [-0.2, 0) is 37.0 Å². The zero-order chi connectivity index (χ0) is 14.6. The summed E-state index contributed by atoms with van der Waals surface area (Å²) in [7, 11) is 0. The zero-order valence-corrected chi connectivity index (χ0v) is 19.0. The third-order valence-corrected chi connectivity index (χ3v) is 4.10. The molecule has 0 saturated heterocycles. The van der Waals surface area contributed by atoms with Gasteiger partial charge in [0.05, 0.1) is 0 Å². The smallest absolute Gasteiger partial charge is 1.00 e. The Bertz CT molecular complexity index is 625. The van der Waals surface area contributed by atoms with E-state index in [1.165, 1.54) is 33.0 Å². The van der Waals surface area contributed by atoms with Gasteiger partial charge in [0.1, 0.15) is 0 Å². The van der Waals surface area contributed by atoms with Crippen molar-refractivity contribution in [2.75, 3.05) is 0 Å². The van der Waals surface area contributed by atoms with Crippen LogP contribution in [0.3, 0.4) is 0 Å². The molecule has 0 unspecified atom stereocenters. The minimum atomic E-state index is 0. The molecule has 1 radical (unpaired) electrons. The third kappa shape index (κ3) is 4.43. The standard InChI is InChI=1S/C19H27.2ClH.Zr/c1-12-11-15-13(2)16(18(3,4)5)10-9-14(15)17(12)19(6,7)8;;;/h9-11H,1-8H3;2*1H;/q-1;;;+3/p-2. The number of fused-ring (bicyclic) bond motifs is 1. The second-order valence-electron chi connectivity index (χ2n) is 7.90. The molecule has 2 aromatic rings. The van der Waals surface area contributed by atoms with Crippen molar-refractivity contribution >= 4 is 10.8 Å². The number of halogens is 2. The molecule has 0 nitrogen and oxygen atoms in total. The SMILES string of the molecule is Cc1[cH-]c2c(C)c(C(C)(C)C)ccc2c1C(C)(C)C.[Cl-].[Cl-].[Zr+3]. The molecule has 0 aliphatic carbocycles. The molecule has 2 rings (SSSR count). The summed E-state index contributed by atoms with van der Waals surface area (Å²) in [6.45, 7) is 18.3. The van der Waals surface area contributed by atoms with Gasteiger partial charge in [0.2, 0.25) is 0 Å². The number of hydrogen-bond donors (Lipinski definition) is 0. The zero-order valence-electron chi connectivity index (χ0n) is 15.0. The molecule has 2 aromatic carbocycles. The minimum Gasteiger partial charge on any atom is -1.00 e. The molecule has 121 valence electrons. The van der Waals surface area contributed by atoms with Crippen LogP contribution in [0.5, 0.6) is 0 Å². The van der Waals surface area contributed by atoms with Crippen LogP contribution in [0, 0.1) is 13.8 Å². The number of hydrogen-bond acceptors (Lipinski definition) is 0. The monoisotopic (exact) mass is 415 g/mol. The van der Waals surface area contributed by atoms with Crippen LogP contribution in [0.4, 0.5) is 0 Å². The van der Waals surface area contributed by atoms with Crippen molar-refractivity contribution in [3.8, 4) is 0 Å². The van der Waals surface area contributed by atoms with E-state index in [2.05, 4.69) is 73.6 Å². The first-order chi connectivity index (χ1) is 8.53. The van der Waals surface area contributed by atoms with E-state index in [1.54, 1.807) is 0 Å². The van der Waals surface area contributed by atoms with Gasteiger partial charge in [-0.25, -0.2) is 0 Å². The Hall–Kier alpha value is 0.293. The van der Waals surface area contributed by atoms with Crippen LogP contribution in [-0.4, -0.2) is 0 Å². The topological polar surface area (TPSA) is 0 Å². The summed E-state index contributed by atoms with van der Waals surface area (Å²) >= 11 is 0. The predicted octanol–water partition coefficient (Wildman–Crippen LogP) is -0.224. The molecule has 0 N–H and O–H groups in total. The summed E-state index contributed by atoms with van der Waals surface area (Å²) in [5, 5.41) is 2.88. The van der Waals surface area contributed by atoms with Crippen LogP contribution < -0.4 is 24.8 Å². The predicted molar refractivity (Wildman–Crippen MR) is 86.4 cm³/mol. The second-order valence-corrected chi connectivity index (χ2v) is 7.90. The number of rotatable bonds is 0. The van der Waals surface area contributed by atoms with Crippen molar-refractivity contribution in [1.29, 1.82) is 0 Å². The van der Waals surface area contributed by atoms with Crippen molar-refractivity contribution in [2.24, 2.45) is 0 Å². The van der Waals surface area contributed by atoms with Gasteiger partial charge in [-0.1, -0.05) is 72.4 Å². The van der Waals surface area contributed by atoms with Gasteiger partial charge >= 0.3 is 26.2 Å². The molecular weight excluding hydrogens is 390 g/mol. The molecule has 0 aliphatic rings. The molecule has 0 spiro atoms. The van der Waals surface area contributed by atoms with E-state index in [-0.39, 0.29) is 61.8 Å². The van der Waals surface area contributed by atoms with Crippen molar-refractivity contribution < 1.29 is 51.0 Å². The Morgan fingerprint density at radius 1 is 0.818 bits per heavy atom. The molecule has 0 bridgehead atoms. The average molecular weight is 418 g/mol. The van der Waals surface area contributed by atoms with Gasteiger partial charge in [0.15, 0.2) is 0 Å². The Morgan fingerprint density at radius 2 is 1.32 bits per heavy atom. The normalized spacial score (nSPS) is 11.5. The number of benzene rings is 1. The van der Waals surface area contributed by atoms with E-state index in [4.69, 9.17) is 0 Å². The van der Waals surface area contributed by atoms with Crippen molar-refractivity contribution in [1.82, 2.24) is 0 Å². The average Bonchev–Trinajstić information content (AvgIpc) is 2.52. The van der Waals surface area contributed by atoms with Crippen molar-refractivity contribution in [2.45, 2.75) is 66.2 Å². The molecule has 0 atom stereocenters. The summed E-state index contributed by atoms with van der Waals surface area (Å²) in [6.07, 6.45) is 0. The van der Waals surface area contributed by atoms with E-state index in [9.17, 15) is 0 Å². The van der Waals surface area contributed by atoms with E-state index in [0.29, 0.717) is 0 Å². The first-order valence-corrected chi connectivity index (χ1v) is 7.24. The van der Waals surface area contributed by atoms with Gasteiger partial charge in [0, 0.05) is 0 Å². The van der Waals surface area contributed by atoms with Gasteiger partial charge in [-0.2, -0.15) is 0 Å². The third-order valence-electron chi connectivity index (χ3n) is 4.10. The Morgan fingerprint density at radius 3 is 1.73 bits per heavy atom. The van der Waals surface area contributed by atoms with Crippen LogP contribution >= 0.6 is 0 Å². The van der Waals surface area contributed by atoms with Crippen molar-refractivity contribution in [3.63, 3.8) is 0 Å². The molecule has 0 fully saturated rings. The summed E-state index contributed by atoms with van der Waals surface area (Å²) in [5.41, 5.74) is 6.27. The molecule has 0 aliphatic heterocycles. The maximum atomic E-state index is 2.38. The molecule has 22 heavy (non-hydrogen) atoms. The molecule has 0 aromatic heterocycles. The van der Waals surface area contributed by atoms with Gasteiger partial charge in [0.25, 0.3) is 0 Å². The maximum absolute atomic E-state index is 2.38. The Balaban J connectivity index is 0. The summed E-state index contributed by atoms with van der Waals surface area (Å²) in [5.74, 6) is 0. The Kier molecular flexibility index (Phi) is 8.83. The fraction of sp³-hybridized carbons (Fsp3) is 0.526. The fourth-order valence-corrected chi connectivity index (χ4v) is 3.44. The van der Waals surface area contributed by atoms with Gasteiger partial charge in [-0.3, -0.25) is 0 Å². The fourth-order valence-electron chi connectivity index (χ4n) is 3.44. The summed E-state index contributed by atoms with van der Waals surface area (Å²) in [6, 6.07) is 7.03. The Labute approximate surface area is 167 Å². The first kappa shape index (κ1) is 24.5. The first-order valence-electron chi connectivity index (χ1n) is 7.24. The van der Waals surface area contributed by atoms with Crippen LogP contribution in [0.2, 0.25) is 0 Å². The van der Waals surface area contributed by atoms with Crippen LogP contribution in [0.1, 0.15) is 63.8 Å². The summed E-state index contributed by atoms with van der Waals surface area (Å²) < 4.78 is 0. The van der Waals surface area contributed by atoms with Gasteiger partial charge < -0.3 is 24.8 Å².